The summed E-state index contributed by atoms with van der Waals surface area (Å²) in [5, 5.41) is 11.1. The molecule has 0 aliphatic rings. The first-order valence-electron chi connectivity index (χ1n) is 6.93. The predicted octanol–water partition coefficient (Wildman–Crippen LogP) is 3.61. The van der Waals surface area contributed by atoms with Crippen LogP contribution in [0.15, 0.2) is 53.5 Å². The lowest BCUT2D eigenvalue weighted by Crippen LogP contribution is -1.99. The zero-order valence-electron chi connectivity index (χ0n) is 12.9. The fourth-order valence-electron chi connectivity index (χ4n) is 1.92. The summed E-state index contributed by atoms with van der Waals surface area (Å²) >= 11 is 0. The average Bonchev–Trinajstić information content (AvgIpc) is 3.06. The molecule has 0 N–H and O–H groups in total. The topological polar surface area (TPSA) is 91.8 Å². The molecule has 0 fully saturated rings. The summed E-state index contributed by atoms with van der Waals surface area (Å²) in [7, 11) is 1.36. The van der Waals surface area contributed by atoms with Gasteiger partial charge in [-0.1, -0.05) is 12.7 Å². The normalized spacial score (nSPS) is 10.5. The van der Waals surface area contributed by atoms with Crippen molar-refractivity contribution in [1.82, 2.24) is 0 Å². The van der Waals surface area contributed by atoms with Gasteiger partial charge >= 0.3 is 11.7 Å². The van der Waals surface area contributed by atoms with Crippen molar-refractivity contribution in [3.8, 4) is 17.1 Å². The van der Waals surface area contributed by atoms with Gasteiger partial charge in [-0.15, -0.1) is 0 Å². The van der Waals surface area contributed by atoms with Crippen molar-refractivity contribution in [2.75, 3.05) is 13.7 Å². The Bertz CT molecular complexity index is 790. The summed E-state index contributed by atoms with van der Waals surface area (Å²) in [6.07, 6.45) is 4.14. The summed E-state index contributed by atoms with van der Waals surface area (Å²) in [4.78, 5) is 21.9. The number of ether oxygens (including phenoxy) is 2. The van der Waals surface area contributed by atoms with Crippen LogP contribution >= 0.6 is 0 Å². The number of hydrogen-bond donors (Lipinski definition) is 0. The van der Waals surface area contributed by atoms with Crippen molar-refractivity contribution in [2.24, 2.45) is 0 Å². The molecule has 0 bridgehead atoms. The molecular weight excluding hydrogens is 314 g/mol. The third-order valence-corrected chi connectivity index (χ3v) is 3.01. The highest BCUT2D eigenvalue weighted by Gasteiger charge is 2.17. The second kappa shape index (κ2) is 7.77. The molecule has 1 aromatic carbocycles. The van der Waals surface area contributed by atoms with Crippen molar-refractivity contribution >= 4 is 17.7 Å². The Morgan fingerprint density at radius 3 is 2.83 bits per heavy atom. The van der Waals surface area contributed by atoms with Gasteiger partial charge in [0.25, 0.3) is 0 Å². The Kier molecular flexibility index (Phi) is 5.51. The summed E-state index contributed by atoms with van der Waals surface area (Å²) in [6, 6.07) is 7.81. The standard InChI is InChI=1S/C17H15NO6/c1-3-10-23-17(19)9-6-13-5-8-15(24-13)12-4-7-16(22-2)14(11-12)18(20)21/h3-9,11H,1,10H2,2H3/b9-6+. The van der Waals surface area contributed by atoms with E-state index in [1.165, 1.54) is 37.5 Å². The van der Waals surface area contributed by atoms with Crippen LogP contribution in [0.4, 0.5) is 5.69 Å². The molecule has 0 aliphatic heterocycles. The number of carbonyl (C=O) groups is 1. The lowest BCUT2D eigenvalue weighted by molar-refractivity contribution is -0.385. The number of carbonyl (C=O) groups excluding carboxylic acids is 1. The maximum Gasteiger partial charge on any atom is 0.331 e. The summed E-state index contributed by atoms with van der Waals surface area (Å²) in [5.41, 5.74) is 0.368. The maximum atomic E-state index is 11.4. The summed E-state index contributed by atoms with van der Waals surface area (Å²) in [6.45, 7) is 3.57. The smallest absolute Gasteiger partial charge is 0.331 e. The van der Waals surface area contributed by atoms with Gasteiger partial charge in [-0.25, -0.2) is 4.79 Å². The maximum absolute atomic E-state index is 11.4. The molecule has 0 unspecified atom stereocenters. The lowest BCUT2D eigenvalue weighted by Gasteiger charge is -2.03. The molecule has 0 radical (unpaired) electrons. The zero-order valence-corrected chi connectivity index (χ0v) is 12.9. The summed E-state index contributed by atoms with van der Waals surface area (Å²) < 4.78 is 15.3. The number of furan rings is 1. The minimum atomic E-state index is -0.526. The second-order valence-corrected chi connectivity index (χ2v) is 4.60. The predicted molar refractivity (Wildman–Crippen MR) is 87.5 cm³/mol. The molecule has 7 nitrogen and oxygen atoms in total. The van der Waals surface area contributed by atoms with Crippen LogP contribution in [-0.4, -0.2) is 24.6 Å². The first-order valence-corrected chi connectivity index (χ1v) is 6.93. The molecule has 1 heterocycles. The van der Waals surface area contributed by atoms with Crippen molar-refractivity contribution in [2.45, 2.75) is 0 Å². The van der Waals surface area contributed by atoms with E-state index in [1.807, 2.05) is 0 Å². The number of methoxy groups -OCH3 is 1. The van der Waals surface area contributed by atoms with Gasteiger partial charge < -0.3 is 13.9 Å². The number of nitro groups is 1. The molecule has 1 aromatic heterocycles. The van der Waals surface area contributed by atoms with Crippen LogP contribution in [0.25, 0.3) is 17.4 Å². The number of nitro benzene ring substituents is 1. The van der Waals surface area contributed by atoms with Gasteiger partial charge in [0.2, 0.25) is 0 Å². The van der Waals surface area contributed by atoms with E-state index < -0.39 is 10.9 Å². The highest BCUT2D eigenvalue weighted by molar-refractivity contribution is 5.86. The molecule has 0 saturated carbocycles. The van der Waals surface area contributed by atoms with Crippen LogP contribution in [0.2, 0.25) is 0 Å². The van der Waals surface area contributed by atoms with Crippen LogP contribution in [0.5, 0.6) is 5.75 Å². The van der Waals surface area contributed by atoms with Crippen LogP contribution < -0.4 is 4.74 Å². The van der Waals surface area contributed by atoms with Crippen molar-refractivity contribution in [1.29, 1.82) is 0 Å². The highest BCUT2D eigenvalue weighted by atomic mass is 16.6. The molecular formula is C17H15NO6. The largest absolute Gasteiger partial charge is 0.490 e. The Morgan fingerprint density at radius 2 is 2.17 bits per heavy atom. The van der Waals surface area contributed by atoms with Crippen molar-refractivity contribution in [3.63, 3.8) is 0 Å². The number of benzene rings is 1. The molecule has 2 aromatic rings. The van der Waals surface area contributed by atoms with Gasteiger partial charge in [-0.2, -0.15) is 0 Å². The molecule has 0 amide bonds. The number of hydrogen-bond acceptors (Lipinski definition) is 6. The lowest BCUT2D eigenvalue weighted by atomic mass is 10.1. The Morgan fingerprint density at radius 1 is 1.38 bits per heavy atom. The van der Waals surface area contributed by atoms with E-state index in [1.54, 1.807) is 18.2 Å². The first kappa shape index (κ1) is 17.0. The van der Waals surface area contributed by atoms with E-state index in [4.69, 9.17) is 13.9 Å². The van der Waals surface area contributed by atoms with Crippen molar-refractivity contribution < 1.29 is 23.6 Å². The molecule has 0 saturated heterocycles. The Balaban J connectivity index is 2.20. The van der Waals surface area contributed by atoms with Gasteiger partial charge in [0.1, 0.15) is 18.1 Å². The molecule has 124 valence electrons. The van der Waals surface area contributed by atoms with Crippen LogP contribution in [0.3, 0.4) is 0 Å². The second-order valence-electron chi connectivity index (χ2n) is 4.60. The number of esters is 1. The monoisotopic (exact) mass is 329 g/mol. The van der Waals surface area contributed by atoms with Gasteiger partial charge in [-0.3, -0.25) is 10.1 Å². The fraction of sp³-hybridized carbons (Fsp3) is 0.118. The molecule has 0 spiro atoms. The van der Waals surface area contributed by atoms with E-state index in [0.717, 1.165) is 0 Å². The summed E-state index contributed by atoms with van der Waals surface area (Å²) in [5.74, 6) is 0.493. The minimum absolute atomic E-state index is 0.127. The zero-order chi connectivity index (χ0) is 17.5. The van der Waals surface area contributed by atoms with Gasteiger partial charge in [-0.05, 0) is 30.3 Å². The van der Waals surface area contributed by atoms with E-state index in [-0.39, 0.29) is 18.0 Å². The van der Waals surface area contributed by atoms with Crippen LogP contribution in [0, 0.1) is 10.1 Å². The Labute approximate surface area is 137 Å². The van der Waals surface area contributed by atoms with Crippen LogP contribution in [0.1, 0.15) is 5.76 Å². The molecule has 0 aliphatic carbocycles. The Hall–Kier alpha value is -3.35. The van der Waals surface area contributed by atoms with E-state index in [9.17, 15) is 14.9 Å². The average molecular weight is 329 g/mol. The number of nitrogens with zero attached hydrogens (tertiary/aromatic N) is 1. The van der Waals surface area contributed by atoms with Gasteiger partial charge in [0.05, 0.1) is 12.0 Å². The van der Waals surface area contributed by atoms with Crippen LogP contribution in [-0.2, 0) is 9.53 Å². The quantitative estimate of drug-likeness (QED) is 0.253. The fourth-order valence-corrected chi connectivity index (χ4v) is 1.92. The third-order valence-electron chi connectivity index (χ3n) is 3.01. The highest BCUT2D eigenvalue weighted by Crippen LogP contribution is 2.32. The van der Waals surface area contributed by atoms with Gasteiger partial charge in [0, 0.05) is 17.7 Å². The molecule has 0 atom stereocenters. The molecule has 7 heteroatoms. The SMILES string of the molecule is C=CCOC(=O)/C=C/c1ccc(-c2ccc(OC)c([N+](=O)[O-])c2)o1. The van der Waals surface area contributed by atoms with Gasteiger partial charge in [0.15, 0.2) is 5.75 Å². The van der Waals surface area contributed by atoms with Crippen molar-refractivity contribution in [3.05, 3.63) is 64.9 Å². The third kappa shape index (κ3) is 4.10. The number of rotatable bonds is 7. The molecule has 24 heavy (non-hydrogen) atoms. The molecule has 2 rings (SSSR count). The first-order chi connectivity index (χ1) is 11.5. The van der Waals surface area contributed by atoms with E-state index in [2.05, 4.69) is 6.58 Å². The van der Waals surface area contributed by atoms with E-state index >= 15 is 0 Å². The van der Waals surface area contributed by atoms with E-state index in [0.29, 0.717) is 17.1 Å². The minimum Gasteiger partial charge on any atom is -0.490 e.